The number of hydrogen-bond donors (Lipinski definition) is 1. The first-order chi connectivity index (χ1) is 16.0. The summed E-state index contributed by atoms with van der Waals surface area (Å²) in [6.45, 7) is 6.93. The number of aromatic nitrogens is 2. The van der Waals surface area contributed by atoms with Crippen LogP contribution < -0.4 is 10.1 Å². The number of hydrogen-bond acceptors (Lipinski definition) is 6. The molecule has 3 heterocycles. The van der Waals surface area contributed by atoms with Crippen molar-refractivity contribution in [3.63, 3.8) is 0 Å². The molecular weight excluding hydrogens is 422 g/mol. The minimum Gasteiger partial charge on any atom is -0.496 e. The number of nitrogens with zero attached hydrogens (tertiary/aromatic N) is 2. The maximum atomic E-state index is 12.9. The van der Waals surface area contributed by atoms with Gasteiger partial charge >= 0.3 is 5.97 Å². The van der Waals surface area contributed by atoms with Gasteiger partial charge in [0.05, 0.1) is 36.2 Å². The summed E-state index contributed by atoms with van der Waals surface area (Å²) in [6, 6.07) is 5.29. The molecule has 1 saturated heterocycles. The van der Waals surface area contributed by atoms with Crippen molar-refractivity contribution in [1.29, 1.82) is 0 Å². The fraction of sp³-hybridized carbons (Fsp3) is 0.560. The Balaban J connectivity index is 1.43. The minimum atomic E-state index is -0.373. The molecule has 0 bridgehead atoms. The summed E-state index contributed by atoms with van der Waals surface area (Å²) in [4.78, 5) is 25.3. The van der Waals surface area contributed by atoms with Crippen LogP contribution in [-0.2, 0) is 28.9 Å². The summed E-state index contributed by atoms with van der Waals surface area (Å²) in [7, 11) is 1.58. The van der Waals surface area contributed by atoms with Gasteiger partial charge in [0.2, 0.25) is 0 Å². The van der Waals surface area contributed by atoms with E-state index in [1.54, 1.807) is 19.2 Å². The summed E-state index contributed by atoms with van der Waals surface area (Å²) in [5.41, 5.74) is 4.00. The van der Waals surface area contributed by atoms with Crippen molar-refractivity contribution >= 4 is 11.9 Å². The Kier molecular flexibility index (Phi) is 7.02. The van der Waals surface area contributed by atoms with Crippen molar-refractivity contribution in [2.45, 2.75) is 52.5 Å². The van der Waals surface area contributed by atoms with Crippen LogP contribution in [0, 0.1) is 12.3 Å². The van der Waals surface area contributed by atoms with E-state index in [0.29, 0.717) is 37.2 Å². The molecule has 0 radical (unpaired) electrons. The summed E-state index contributed by atoms with van der Waals surface area (Å²) in [5.74, 6) is 0.259. The average Bonchev–Trinajstić information content (AvgIpc) is 3.11. The molecule has 0 atom stereocenters. The van der Waals surface area contributed by atoms with Gasteiger partial charge in [-0.05, 0) is 55.7 Å². The lowest BCUT2D eigenvalue weighted by Gasteiger charge is -2.36. The van der Waals surface area contributed by atoms with Crippen molar-refractivity contribution in [3.05, 3.63) is 46.3 Å². The van der Waals surface area contributed by atoms with Crippen LogP contribution in [0.2, 0.25) is 0 Å². The Morgan fingerprint density at radius 3 is 2.82 bits per heavy atom. The molecule has 1 aromatic carbocycles. The number of esters is 1. The number of amides is 1. The molecule has 2 aliphatic heterocycles. The van der Waals surface area contributed by atoms with Crippen molar-refractivity contribution in [2.75, 3.05) is 33.5 Å². The first-order valence-corrected chi connectivity index (χ1v) is 11.7. The third-order valence-electron chi connectivity index (χ3n) is 6.80. The van der Waals surface area contributed by atoms with E-state index in [-0.39, 0.29) is 23.9 Å². The third-order valence-corrected chi connectivity index (χ3v) is 6.80. The molecule has 2 aromatic rings. The molecule has 1 fully saturated rings. The lowest BCUT2D eigenvalue weighted by molar-refractivity contribution is 0.0152. The van der Waals surface area contributed by atoms with Crippen LogP contribution in [0.1, 0.15) is 63.9 Å². The number of nitrogens with one attached hydrogen (secondary N) is 1. The molecule has 0 aliphatic carbocycles. The number of rotatable bonds is 7. The van der Waals surface area contributed by atoms with Crippen LogP contribution in [0.25, 0.3) is 0 Å². The quantitative estimate of drug-likeness (QED) is 0.510. The second kappa shape index (κ2) is 9.95. The molecule has 1 aromatic heterocycles. The van der Waals surface area contributed by atoms with Gasteiger partial charge in [0, 0.05) is 32.7 Å². The third kappa shape index (κ3) is 4.90. The van der Waals surface area contributed by atoms with Crippen molar-refractivity contribution in [3.8, 4) is 5.75 Å². The second-order valence-corrected chi connectivity index (χ2v) is 8.99. The van der Waals surface area contributed by atoms with Gasteiger partial charge in [0.1, 0.15) is 5.75 Å². The number of ether oxygens (including phenoxy) is 3. The summed E-state index contributed by atoms with van der Waals surface area (Å²) in [6.07, 6.45) is 3.97. The van der Waals surface area contributed by atoms with Crippen LogP contribution in [0.15, 0.2) is 18.2 Å². The fourth-order valence-corrected chi connectivity index (χ4v) is 4.77. The number of benzene rings is 1. The van der Waals surface area contributed by atoms with Crippen molar-refractivity contribution in [1.82, 2.24) is 15.1 Å². The lowest BCUT2D eigenvalue weighted by atomic mass is 9.76. The predicted octanol–water partition coefficient (Wildman–Crippen LogP) is 3.09. The zero-order valence-electron chi connectivity index (χ0n) is 19.7. The minimum absolute atomic E-state index is 0.0128. The van der Waals surface area contributed by atoms with Gasteiger partial charge in [0.25, 0.3) is 5.91 Å². The largest absolute Gasteiger partial charge is 0.496 e. The SMILES string of the molecule is CCc1nn(CCCOC(=O)c2ccc(C)c(OC)c2)c2c1C(=O)NCC1(CCOCC1)C2. The van der Waals surface area contributed by atoms with Crippen molar-refractivity contribution in [2.24, 2.45) is 5.41 Å². The Morgan fingerprint density at radius 2 is 2.09 bits per heavy atom. The number of carbonyl (C=O) groups is 2. The smallest absolute Gasteiger partial charge is 0.338 e. The molecule has 4 rings (SSSR count). The highest BCUT2D eigenvalue weighted by molar-refractivity contribution is 5.97. The normalized spacial score (nSPS) is 17.2. The van der Waals surface area contributed by atoms with E-state index in [1.165, 1.54) is 0 Å². The predicted molar refractivity (Wildman–Crippen MR) is 123 cm³/mol. The zero-order chi connectivity index (χ0) is 23.4. The highest BCUT2D eigenvalue weighted by atomic mass is 16.5. The molecule has 178 valence electrons. The van der Waals surface area contributed by atoms with E-state index in [4.69, 9.17) is 19.3 Å². The van der Waals surface area contributed by atoms with Gasteiger partial charge in [-0.25, -0.2) is 4.79 Å². The summed E-state index contributed by atoms with van der Waals surface area (Å²) < 4.78 is 18.3. The number of aryl methyl sites for hydroxylation is 3. The van der Waals surface area contributed by atoms with Gasteiger partial charge in [0.15, 0.2) is 0 Å². The molecule has 1 N–H and O–H groups in total. The molecule has 2 aliphatic rings. The van der Waals surface area contributed by atoms with Gasteiger partial charge in [-0.2, -0.15) is 5.10 Å². The zero-order valence-corrected chi connectivity index (χ0v) is 19.7. The highest BCUT2D eigenvalue weighted by Crippen LogP contribution is 2.37. The molecule has 1 amide bonds. The van der Waals surface area contributed by atoms with Crippen molar-refractivity contribution < 1.29 is 23.8 Å². The monoisotopic (exact) mass is 455 g/mol. The molecule has 8 nitrogen and oxygen atoms in total. The van der Waals surface area contributed by atoms with Crippen LogP contribution >= 0.6 is 0 Å². The van der Waals surface area contributed by atoms with Gasteiger partial charge < -0.3 is 19.5 Å². The standard InChI is InChI=1S/C25H33N3O5/c1-4-19-22-20(15-25(16-26-23(22)29)8-12-32-13-9-25)28(27-19)10-5-11-33-24(30)18-7-6-17(2)21(14-18)31-3/h6-7,14H,4-5,8-13,15-16H2,1-3H3,(H,26,29). The topological polar surface area (TPSA) is 91.7 Å². The van der Waals surface area contributed by atoms with Crippen LogP contribution in [0.5, 0.6) is 5.75 Å². The Morgan fingerprint density at radius 1 is 1.30 bits per heavy atom. The van der Waals surface area contributed by atoms with E-state index in [2.05, 4.69) is 5.32 Å². The lowest BCUT2D eigenvalue weighted by Crippen LogP contribution is -2.40. The van der Waals surface area contributed by atoms with E-state index >= 15 is 0 Å². The number of carbonyl (C=O) groups excluding carboxylic acids is 2. The molecule has 33 heavy (non-hydrogen) atoms. The maximum absolute atomic E-state index is 12.9. The molecular formula is C25H33N3O5. The molecule has 8 heteroatoms. The van der Waals surface area contributed by atoms with Gasteiger partial charge in [-0.1, -0.05) is 13.0 Å². The van der Waals surface area contributed by atoms with E-state index in [9.17, 15) is 9.59 Å². The first kappa shape index (κ1) is 23.3. The van der Waals surface area contributed by atoms with Gasteiger partial charge in [-0.3, -0.25) is 9.48 Å². The van der Waals surface area contributed by atoms with E-state index in [0.717, 1.165) is 55.0 Å². The molecule has 0 unspecified atom stereocenters. The highest BCUT2D eigenvalue weighted by Gasteiger charge is 2.39. The molecule has 1 spiro atoms. The average molecular weight is 456 g/mol. The number of methoxy groups -OCH3 is 1. The van der Waals surface area contributed by atoms with Crippen LogP contribution in [-0.4, -0.2) is 55.1 Å². The fourth-order valence-electron chi connectivity index (χ4n) is 4.77. The maximum Gasteiger partial charge on any atom is 0.338 e. The second-order valence-electron chi connectivity index (χ2n) is 8.99. The Labute approximate surface area is 194 Å². The van der Waals surface area contributed by atoms with E-state index in [1.807, 2.05) is 24.6 Å². The van der Waals surface area contributed by atoms with E-state index < -0.39 is 0 Å². The Hall–Kier alpha value is -2.87. The first-order valence-electron chi connectivity index (χ1n) is 11.7. The van der Waals surface area contributed by atoms with Gasteiger partial charge in [-0.15, -0.1) is 0 Å². The summed E-state index contributed by atoms with van der Waals surface area (Å²) in [5, 5.41) is 7.89. The summed E-state index contributed by atoms with van der Waals surface area (Å²) >= 11 is 0. The Bertz CT molecular complexity index is 1020. The molecule has 0 saturated carbocycles. The number of fused-ring (bicyclic) bond motifs is 1. The van der Waals surface area contributed by atoms with Crippen LogP contribution in [0.3, 0.4) is 0 Å². The van der Waals surface area contributed by atoms with Crippen LogP contribution in [0.4, 0.5) is 0 Å².